The van der Waals surface area contributed by atoms with Gasteiger partial charge in [0.25, 0.3) is 0 Å². The molecule has 2 aromatic rings. The number of hydrogen-bond donors (Lipinski definition) is 0. The third-order valence-electron chi connectivity index (χ3n) is 3.15. The number of nitrogens with zero attached hydrogens (tertiary/aromatic N) is 2. The van der Waals surface area contributed by atoms with E-state index in [0.29, 0.717) is 13.1 Å². The molecule has 0 fully saturated rings. The van der Waals surface area contributed by atoms with Gasteiger partial charge in [0.2, 0.25) is 10.0 Å². The second-order valence-electron chi connectivity index (χ2n) is 4.73. The van der Waals surface area contributed by atoms with Crippen LogP contribution in [-0.4, -0.2) is 24.3 Å². The van der Waals surface area contributed by atoms with Crippen LogP contribution in [0.5, 0.6) is 0 Å². The fraction of sp³-hybridized carbons (Fsp3) is 0.267. The zero-order valence-corrected chi connectivity index (χ0v) is 13.5. The fourth-order valence-electron chi connectivity index (χ4n) is 2.07. The Balaban J connectivity index is 2.35. The van der Waals surface area contributed by atoms with Crippen LogP contribution < -0.4 is 0 Å². The number of sulfonamides is 1. The Morgan fingerprint density at radius 2 is 2.05 bits per heavy atom. The predicted molar refractivity (Wildman–Crippen MR) is 83.7 cm³/mol. The number of rotatable bonds is 5. The first-order chi connectivity index (χ1) is 9.95. The molecule has 0 atom stereocenters. The molecule has 1 aromatic heterocycles. The summed E-state index contributed by atoms with van der Waals surface area (Å²) in [5.74, 6) is 0. The highest BCUT2D eigenvalue weighted by atomic mass is 35.5. The van der Waals surface area contributed by atoms with Crippen LogP contribution in [0, 0.1) is 6.92 Å². The van der Waals surface area contributed by atoms with Crippen molar-refractivity contribution in [3.05, 3.63) is 58.9 Å². The van der Waals surface area contributed by atoms with E-state index < -0.39 is 10.0 Å². The van der Waals surface area contributed by atoms with E-state index in [4.69, 9.17) is 11.6 Å². The van der Waals surface area contributed by atoms with Crippen molar-refractivity contribution >= 4 is 21.6 Å². The molecule has 0 aliphatic rings. The van der Waals surface area contributed by atoms with Crippen LogP contribution in [0.25, 0.3) is 0 Å². The SMILES string of the molecule is CCN(Cc1cccc(C)c1)S(=O)(=O)c1cnccc1Cl. The summed E-state index contributed by atoms with van der Waals surface area (Å²) >= 11 is 5.99. The molecule has 0 unspecified atom stereocenters. The average molecular weight is 325 g/mol. The summed E-state index contributed by atoms with van der Waals surface area (Å²) in [7, 11) is -3.65. The number of aryl methyl sites for hydroxylation is 1. The Labute approximate surface area is 130 Å². The monoisotopic (exact) mass is 324 g/mol. The maximum atomic E-state index is 12.7. The van der Waals surface area contributed by atoms with Crippen molar-refractivity contribution in [2.75, 3.05) is 6.54 Å². The van der Waals surface area contributed by atoms with Crippen LogP contribution in [0.4, 0.5) is 0 Å². The van der Waals surface area contributed by atoms with E-state index in [9.17, 15) is 8.42 Å². The zero-order valence-electron chi connectivity index (χ0n) is 12.0. The Hall–Kier alpha value is -1.43. The van der Waals surface area contributed by atoms with Crippen molar-refractivity contribution in [2.45, 2.75) is 25.3 Å². The number of hydrogen-bond acceptors (Lipinski definition) is 3. The third-order valence-corrected chi connectivity index (χ3v) is 5.54. The average Bonchev–Trinajstić information content (AvgIpc) is 2.45. The summed E-state index contributed by atoms with van der Waals surface area (Å²) in [6.45, 7) is 4.46. The topological polar surface area (TPSA) is 50.3 Å². The molecule has 4 nitrogen and oxygen atoms in total. The van der Waals surface area contributed by atoms with Crippen molar-refractivity contribution in [3.8, 4) is 0 Å². The second-order valence-corrected chi connectivity index (χ2v) is 7.04. The lowest BCUT2D eigenvalue weighted by atomic mass is 10.1. The lowest BCUT2D eigenvalue weighted by Crippen LogP contribution is -2.30. The number of aromatic nitrogens is 1. The largest absolute Gasteiger partial charge is 0.263 e. The smallest absolute Gasteiger partial charge is 0.246 e. The highest BCUT2D eigenvalue weighted by Gasteiger charge is 2.25. The molecule has 0 N–H and O–H groups in total. The summed E-state index contributed by atoms with van der Waals surface area (Å²) in [5.41, 5.74) is 2.04. The van der Waals surface area contributed by atoms with E-state index >= 15 is 0 Å². The fourth-order valence-corrected chi connectivity index (χ4v) is 3.92. The molecule has 1 aromatic carbocycles. The summed E-state index contributed by atoms with van der Waals surface area (Å²) in [4.78, 5) is 3.90. The summed E-state index contributed by atoms with van der Waals surface area (Å²) in [6, 6.07) is 9.27. The van der Waals surface area contributed by atoms with Gasteiger partial charge in [0.05, 0.1) is 5.02 Å². The standard InChI is InChI=1S/C15H17ClN2O2S/c1-3-18(11-13-6-4-5-12(2)9-13)21(19,20)15-10-17-8-7-14(15)16/h4-10H,3,11H2,1-2H3. The van der Waals surface area contributed by atoms with Gasteiger partial charge < -0.3 is 0 Å². The predicted octanol–water partition coefficient (Wildman–Crippen LogP) is 3.25. The van der Waals surface area contributed by atoms with Crippen LogP contribution in [0.1, 0.15) is 18.1 Å². The van der Waals surface area contributed by atoms with Crippen molar-refractivity contribution in [2.24, 2.45) is 0 Å². The second kappa shape index (κ2) is 6.56. The zero-order chi connectivity index (χ0) is 15.5. The van der Waals surface area contributed by atoms with Gasteiger partial charge in [-0.05, 0) is 18.6 Å². The highest BCUT2D eigenvalue weighted by molar-refractivity contribution is 7.89. The molecule has 1 heterocycles. The molecule has 6 heteroatoms. The van der Waals surface area contributed by atoms with Crippen LogP contribution >= 0.6 is 11.6 Å². The lowest BCUT2D eigenvalue weighted by molar-refractivity contribution is 0.423. The lowest BCUT2D eigenvalue weighted by Gasteiger charge is -2.21. The molecule has 0 saturated heterocycles. The first kappa shape index (κ1) is 15.9. The van der Waals surface area contributed by atoms with Crippen molar-refractivity contribution < 1.29 is 8.42 Å². The molecule has 0 bridgehead atoms. The van der Waals surface area contributed by atoms with E-state index in [-0.39, 0.29) is 9.92 Å². The van der Waals surface area contributed by atoms with Crippen molar-refractivity contribution in [3.63, 3.8) is 0 Å². The van der Waals surface area contributed by atoms with Gasteiger partial charge in [-0.1, -0.05) is 48.4 Å². The maximum Gasteiger partial charge on any atom is 0.246 e. The van der Waals surface area contributed by atoms with E-state index in [1.54, 1.807) is 6.92 Å². The van der Waals surface area contributed by atoms with Gasteiger partial charge in [-0.3, -0.25) is 4.98 Å². The molecule has 0 aliphatic heterocycles. The van der Waals surface area contributed by atoms with Gasteiger partial charge in [-0.25, -0.2) is 8.42 Å². The minimum absolute atomic E-state index is 0.0427. The van der Waals surface area contributed by atoms with Gasteiger partial charge in [0.15, 0.2) is 0 Å². The Bertz CT molecular complexity index is 732. The first-order valence-corrected chi connectivity index (χ1v) is 8.42. The molecule has 0 aliphatic carbocycles. The quantitative estimate of drug-likeness (QED) is 0.848. The highest BCUT2D eigenvalue weighted by Crippen LogP contribution is 2.24. The summed E-state index contributed by atoms with van der Waals surface area (Å²) in [5, 5.41) is 0.188. The molecular formula is C15H17ClN2O2S. The van der Waals surface area contributed by atoms with Gasteiger partial charge in [0.1, 0.15) is 4.90 Å². The Kier molecular flexibility index (Phi) is 4.98. The molecule has 112 valence electrons. The minimum Gasteiger partial charge on any atom is -0.263 e. The molecule has 0 radical (unpaired) electrons. The first-order valence-electron chi connectivity index (χ1n) is 6.60. The van der Waals surface area contributed by atoms with Crippen LogP contribution in [0.3, 0.4) is 0 Å². The Morgan fingerprint density at radius 3 is 2.67 bits per heavy atom. The number of halogens is 1. The van der Waals surface area contributed by atoms with E-state index in [1.807, 2.05) is 31.2 Å². The molecule has 0 spiro atoms. The summed E-state index contributed by atoms with van der Waals surface area (Å²) < 4.78 is 26.7. The van der Waals surface area contributed by atoms with Crippen molar-refractivity contribution in [1.29, 1.82) is 0 Å². The number of benzene rings is 1. The van der Waals surface area contributed by atoms with Crippen LogP contribution in [0.15, 0.2) is 47.6 Å². The molecule has 0 saturated carbocycles. The van der Waals surface area contributed by atoms with Crippen LogP contribution in [0.2, 0.25) is 5.02 Å². The summed E-state index contributed by atoms with van der Waals surface area (Å²) in [6.07, 6.45) is 2.76. The van der Waals surface area contributed by atoms with Gasteiger partial charge in [0, 0.05) is 25.5 Å². The number of pyridine rings is 1. The van der Waals surface area contributed by atoms with E-state index in [0.717, 1.165) is 11.1 Å². The van der Waals surface area contributed by atoms with E-state index in [2.05, 4.69) is 4.98 Å². The normalized spacial score (nSPS) is 11.8. The van der Waals surface area contributed by atoms with E-state index in [1.165, 1.54) is 22.8 Å². The molecule has 2 rings (SSSR count). The van der Waals surface area contributed by atoms with Gasteiger partial charge in [-0.2, -0.15) is 4.31 Å². The van der Waals surface area contributed by atoms with Gasteiger partial charge >= 0.3 is 0 Å². The maximum absolute atomic E-state index is 12.7. The third kappa shape index (κ3) is 3.61. The molecule has 0 amide bonds. The van der Waals surface area contributed by atoms with Crippen molar-refractivity contribution in [1.82, 2.24) is 9.29 Å². The molecular weight excluding hydrogens is 308 g/mol. The Morgan fingerprint density at radius 1 is 1.29 bits per heavy atom. The minimum atomic E-state index is -3.65. The molecule has 21 heavy (non-hydrogen) atoms. The van der Waals surface area contributed by atoms with Gasteiger partial charge in [-0.15, -0.1) is 0 Å². The van der Waals surface area contributed by atoms with Crippen LogP contribution in [-0.2, 0) is 16.6 Å².